The highest BCUT2D eigenvalue weighted by atomic mass is 32.1. The number of nitrogens with zero attached hydrogens (tertiary/aromatic N) is 3. The van der Waals surface area contributed by atoms with Gasteiger partial charge in [-0.1, -0.05) is 140 Å². The van der Waals surface area contributed by atoms with Gasteiger partial charge >= 0.3 is 0 Å². The van der Waals surface area contributed by atoms with E-state index in [0.29, 0.717) is 33.1 Å². The van der Waals surface area contributed by atoms with Crippen LogP contribution in [0.15, 0.2) is 164 Å². The number of hydrogen-bond donors (Lipinski definition) is 0. The minimum atomic E-state index is 0.0490. The summed E-state index contributed by atoms with van der Waals surface area (Å²) in [5.41, 5.74) is 3.69. The van der Waals surface area contributed by atoms with Crippen LogP contribution in [0, 0.1) is 0 Å². The predicted molar refractivity (Wildman–Crippen MR) is 207 cm³/mol. The quantitative estimate of drug-likeness (QED) is 0.179. The van der Waals surface area contributed by atoms with Gasteiger partial charge in [0.2, 0.25) is 0 Å². The van der Waals surface area contributed by atoms with Crippen molar-refractivity contribution in [1.82, 2.24) is 15.0 Å². The van der Waals surface area contributed by atoms with Crippen molar-refractivity contribution in [3.8, 4) is 45.3 Å². The average molecular weight is 645 g/mol. The number of fused-ring (bicyclic) bond motifs is 9. The Hall–Kier alpha value is -6.23. The van der Waals surface area contributed by atoms with E-state index in [-0.39, 0.29) is 18.1 Å². The fraction of sp³-hybridized carbons (Fsp3) is 0. The molecule has 0 atom stereocenters. The van der Waals surface area contributed by atoms with Crippen molar-refractivity contribution in [1.29, 1.82) is 0 Å². The van der Waals surface area contributed by atoms with Gasteiger partial charge in [0.05, 0.1) is 4.11 Å². The van der Waals surface area contributed by atoms with Crippen LogP contribution in [0.4, 0.5) is 0 Å². The lowest BCUT2D eigenvalue weighted by atomic mass is 9.92. The Balaban J connectivity index is 1.25. The summed E-state index contributed by atoms with van der Waals surface area (Å²) in [4.78, 5) is 14.9. The highest BCUT2D eigenvalue weighted by molar-refractivity contribution is 7.26. The molecule has 8 aromatic carbocycles. The molecule has 0 bridgehead atoms. The fourth-order valence-corrected chi connectivity index (χ4v) is 7.99. The second kappa shape index (κ2) is 11.2. The molecule has 0 aliphatic heterocycles. The third-order valence-electron chi connectivity index (χ3n) is 9.24. The summed E-state index contributed by atoms with van der Waals surface area (Å²) in [5, 5.41) is 8.24. The zero-order valence-electron chi connectivity index (χ0n) is 29.1. The molecule has 2 aromatic heterocycles. The van der Waals surface area contributed by atoms with Gasteiger partial charge in [0, 0.05) is 36.9 Å². The zero-order valence-corrected chi connectivity index (χ0v) is 26.9. The molecule has 0 spiro atoms. The van der Waals surface area contributed by atoms with Gasteiger partial charge < -0.3 is 0 Å². The maximum atomic E-state index is 9.78. The van der Waals surface area contributed by atoms with E-state index in [2.05, 4.69) is 60.7 Å². The minimum absolute atomic E-state index is 0.0490. The highest BCUT2D eigenvalue weighted by Crippen LogP contribution is 2.42. The van der Waals surface area contributed by atoms with Gasteiger partial charge in [0.25, 0.3) is 0 Å². The van der Waals surface area contributed by atoms with Crippen molar-refractivity contribution in [3.05, 3.63) is 164 Å². The number of hydrogen-bond acceptors (Lipinski definition) is 4. The molecule has 0 saturated heterocycles. The molecule has 0 radical (unpaired) electrons. The number of rotatable bonds is 4. The van der Waals surface area contributed by atoms with E-state index >= 15 is 0 Å². The first-order valence-electron chi connectivity index (χ1n) is 17.7. The molecule has 228 valence electrons. The van der Waals surface area contributed by atoms with E-state index in [1.807, 2.05) is 84.9 Å². The lowest BCUT2D eigenvalue weighted by Crippen LogP contribution is -2.00. The molecule has 10 aromatic rings. The molecule has 2 heterocycles. The van der Waals surface area contributed by atoms with Crippen molar-refractivity contribution in [3.63, 3.8) is 0 Å². The summed E-state index contributed by atoms with van der Waals surface area (Å²) >= 11 is 1.44. The second-order valence-corrected chi connectivity index (χ2v) is 13.2. The van der Waals surface area contributed by atoms with Crippen molar-refractivity contribution in [2.24, 2.45) is 0 Å². The Morgan fingerprint density at radius 1 is 0.388 bits per heavy atom. The molecule has 3 nitrogen and oxygen atoms in total. The molecule has 0 N–H and O–H groups in total. The topological polar surface area (TPSA) is 38.7 Å². The van der Waals surface area contributed by atoms with Crippen LogP contribution in [0.25, 0.3) is 97.8 Å². The lowest BCUT2D eigenvalue weighted by molar-refractivity contribution is 1.08. The molecule has 0 saturated carbocycles. The molecule has 0 aliphatic carbocycles. The van der Waals surface area contributed by atoms with Crippen molar-refractivity contribution in [2.75, 3.05) is 0 Å². The molecule has 4 heteroatoms. The third-order valence-corrected chi connectivity index (χ3v) is 10.3. The first kappa shape index (κ1) is 24.9. The number of benzene rings is 8. The Morgan fingerprint density at radius 3 is 1.57 bits per heavy atom. The lowest BCUT2D eigenvalue weighted by Gasteiger charge is -2.12. The second-order valence-electron chi connectivity index (χ2n) is 12.1. The summed E-state index contributed by atoms with van der Waals surface area (Å²) in [7, 11) is 0. The van der Waals surface area contributed by atoms with Gasteiger partial charge in [0.15, 0.2) is 17.5 Å². The average Bonchev–Trinajstić information content (AvgIpc) is 3.61. The molecule has 0 amide bonds. The van der Waals surface area contributed by atoms with Gasteiger partial charge in [-0.25, -0.2) is 15.0 Å². The maximum Gasteiger partial charge on any atom is 0.164 e. The Labute approximate surface area is 291 Å². The van der Waals surface area contributed by atoms with E-state index < -0.39 is 0 Å². The SMILES string of the molecule is [2H]c1c(-c2ccc3c4ccccc4c4ccccc4c3c2)c([2H])c2c(sc3cccc(-c4nc(-c5ccccc5)nc(-c5ccccc5)n4)c32)c1[2H]. The molecule has 49 heavy (non-hydrogen) atoms. The van der Waals surface area contributed by atoms with Crippen molar-refractivity contribution >= 4 is 63.8 Å². The molecule has 0 aliphatic rings. The maximum absolute atomic E-state index is 9.78. The van der Waals surface area contributed by atoms with Gasteiger partial charge in [-0.3, -0.25) is 0 Å². The van der Waals surface area contributed by atoms with Crippen LogP contribution >= 0.6 is 11.3 Å². The predicted octanol–water partition coefficient (Wildman–Crippen LogP) is 12.4. The van der Waals surface area contributed by atoms with Gasteiger partial charge in [-0.15, -0.1) is 11.3 Å². The van der Waals surface area contributed by atoms with E-state index in [1.54, 1.807) is 0 Å². The molecular formula is C45H27N3S. The number of thiophene rings is 1. The van der Waals surface area contributed by atoms with Crippen LogP contribution in [0.2, 0.25) is 0 Å². The summed E-state index contributed by atoms with van der Waals surface area (Å²) in [5.74, 6) is 1.60. The van der Waals surface area contributed by atoms with Crippen LogP contribution in [0.3, 0.4) is 0 Å². The van der Waals surface area contributed by atoms with Crippen LogP contribution in [-0.2, 0) is 0 Å². The Morgan fingerprint density at radius 2 is 0.939 bits per heavy atom. The van der Waals surface area contributed by atoms with Gasteiger partial charge in [0.1, 0.15) is 0 Å². The standard InChI is InChI=1S/C45H27N3S/c1-3-12-28(13-4-1)43-46-44(29-14-5-2-6-15-29)48-45(47-43)37-20-11-21-41-42(37)39-27-31(23-25-40(39)49-41)30-22-24-36-34-18-8-7-16-32(34)33-17-9-10-19-35(33)38(36)26-30/h1-27H/i23D,25D,27D. The zero-order chi connectivity index (χ0) is 34.9. The normalized spacial score (nSPS) is 12.5. The Kier molecular flexibility index (Phi) is 5.68. The van der Waals surface area contributed by atoms with Crippen LogP contribution in [0.1, 0.15) is 4.11 Å². The summed E-state index contributed by atoms with van der Waals surface area (Å²) in [6, 6.07) is 49.1. The number of aromatic nitrogens is 3. The molecule has 0 unspecified atom stereocenters. The minimum Gasteiger partial charge on any atom is -0.208 e. The van der Waals surface area contributed by atoms with Gasteiger partial charge in [-0.05, 0) is 67.7 Å². The van der Waals surface area contributed by atoms with Gasteiger partial charge in [-0.2, -0.15) is 0 Å². The van der Waals surface area contributed by atoms with Crippen LogP contribution in [-0.4, -0.2) is 15.0 Å². The summed E-state index contributed by atoms with van der Waals surface area (Å²) < 4.78 is 29.8. The smallest absolute Gasteiger partial charge is 0.164 e. The summed E-state index contributed by atoms with van der Waals surface area (Å²) in [6.45, 7) is 0. The van der Waals surface area contributed by atoms with Crippen molar-refractivity contribution < 1.29 is 4.11 Å². The van der Waals surface area contributed by atoms with E-state index in [0.717, 1.165) is 59.3 Å². The van der Waals surface area contributed by atoms with E-state index in [4.69, 9.17) is 15.0 Å². The Bertz CT molecular complexity index is 2960. The first-order valence-corrected chi connectivity index (χ1v) is 17.0. The summed E-state index contributed by atoms with van der Waals surface area (Å²) in [6.07, 6.45) is 0. The van der Waals surface area contributed by atoms with Crippen LogP contribution < -0.4 is 0 Å². The first-order chi connectivity index (χ1) is 25.5. The monoisotopic (exact) mass is 644 g/mol. The van der Waals surface area contributed by atoms with Crippen LogP contribution in [0.5, 0.6) is 0 Å². The largest absolute Gasteiger partial charge is 0.208 e. The van der Waals surface area contributed by atoms with E-state index in [9.17, 15) is 4.11 Å². The van der Waals surface area contributed by atoms with Crippen molar-refractivity contribution in [2.45, 2.75) is 0 Å². The highest BCUT2D eigenvalue weighted by Gasteiger charge is 2.18. The molecule has 0 fully saturated rings. The molecular weight excluding hydrogens is 615 g/mol. The fourth-order valence-electron chi connectivity index (χ4n) is 6.95. The molecule has 10 rings (SSSR count). The third kappa shape index (κ3) is 4.61. The van der Waals surface area contributed by atoms with E-state index in [1.165, 1.54) is 16.7 Å².